The Morgan fingerprint density at radius 2 is 1.75 bits per heavy atom. The van der Waals surface area contributed by atoms with Crippen LogP contribution in [0.3, 0.4) is 0 Å². The van der Waals surface area contributed by atoms with Crippen molar-refractivity contribution >= 4 is 0 Å². The van der Waals surface area contributed by atoms with Crippen molar-refractivity contribution in [1.29, 1.82) is 0 Å². The summed E-state index contributed by atoms with van der Waals surface area (Å²) in [5, 5.41) is 13.6. The Kier molecular flexibility index (Phi) is 5.99. The molecule has 0 aliphatic heterocycles. The number of hydrogen-bond acceptors (Lipinski definition) is 2. The molecule has 0 amide bonds. The lowest BCUT2D eigenvalue weighted by molar-refractivity contribution is 0.163. The fraction of sp³-hybridized carbons (Fsp3) is 0.647. The number of halogens is 1. The predicted molar refractivity (Wildman–Crippen MR) is 80.0 cm³/mol. The zero-order chi connectivity index (χ0) is 14.4. The van der Waals surface area contributed by atoms with Gasteiger partial charge >= 0.3 is 0 Å². The summed E-state index contributed by atoms with van der Waals surface area (Å²) >= 11 is 0. The molecule has 1 fully saturated rings. The molecule has 1 aromatic rings. The Hall–Kier alpha value is -0.930. The average molecular weight is 279 g/mol. The highest BCUT2D eigenvalue weighted by molar-refractivity contribution is 5.18. The first-order valence-corrected chi connectivity index (χ1v) is 7.83. The average Bonchev–Trinajstić information content (AvgIpc) is 2.74. The second-order valence-electron chi connectivity index (χ2n) is 6.02. The van der Waals surface area contributed by atoms with Crippen LogP contribution in [0, 0.1) is 11.7 Å². The number of hydrogen-bond donors (Lipinski definition) is 2. The zero-order valence-corrected chi connectivity index (χ0v) is 12.3. The second kappa shape index (κ2) is 7.75. The summed E-state index contributed by atoms with van der Waals surface area (Å²) in [6.45, 7) is 2.75. The van der Waals surface area contributed by atoms with Crippen molar-refractivity contribution in [1.82, 2.24) is 5.32 Å². The minimum absolute atomic E-state index is 0.263. The Bertz CT molecular complexity index is 384. The lowest BCUT2D eigenvalue weighted by Gasteiger charge is -2.25. The summed E-state index contributed by atoms with van der Waals surface area (Å²) in [5.74, 6) is 0.457. The SMILES string of the molecule is C[C@H](NCC(O)c1ccc(F)cc1)C1CCCCCC1. The highest BCUT2D eigenvalue weighted by Crippen LogP contribution is 2.25. The highest BCUT2D eigenvalue weighted by Gasteiger charge is 2.19. The molecule has 1 saturated carbocycles. The van der Waals surface area contributed by atoms with Gasteiger partial charge in [0.15, 0.2) is 0 Å². The van der Waals surface area contributed by atoms with E-state index in [4.69, 9.17) is 0 Å². The number of rotatable bonds is 5. The van der Waals surface area contributed by atoms with E-state index in [0.717, 1.165) is 11.5 Å². The second-order valence-corrected chi connectivity index (χ2v) is 6.02. The molecule has 0 spiro atoms. The van der Waals surface area contributed by atoms with Crippen LogP contribution >= 0.6 is 0 Å². The van der Waals surface area contributed by atoms with Crippen molar-refractivity contribution in [2.24, 2.45) is 5.92 Å². The van der Waals surface area contributed by atoms with E-state index in [1.807, 2.05) is 0 Å². The molecule has 0 radical (unpaired) electrons. The Morgan fingerprint density at radius 1 is 1.15 bits per heavy atom. The topological polar surface area (TPSA) is 32.3 Å². The van der Waals surface area contributed by atoms with Crippen LogP contribution in [0.5, 0.6) is 0 Å². The third-order valence-corrected chi connectivity index (χ3v) is 4.49. The van der Waals surface area contributed by atoms with Crippen LogP contribution in [-0.4, -0.2) is 17.7 Å². The van der Waals surface area contributed by atoms with Gasteiger partial charge in [-0.15, -0.1) is 0 Å². The van der Waals surface area contributed by atoms with Crippen LogP contribution in [-0.2, 0) is 0 Å². The van der Waals surface area contributed by atoms with Crippen LogP contribution in [0.4, 0.5) is 4.39 Å². The minimum Gasteiger partial charge on any atom is -0.387 e. The van der Waals surface area contributed by atoms with E-state index in [1.165, 1.54) is 50.7 Å². The fourth-order valence-corrected chi connectivity index (χ4v) is 3.08. The molecule has 2 rings (SSSR count). The molecular formula is C17H26FNO. The van der Waals surface area contributed by atoms with E-state index in [9.17, 15) is 9.50 Å². The summed E-state index contributed by atoms with van der Waals surface area (Å²) in [5.41, 5.74) is 0.770. The lowest BCUT2D eigenvalue weighted by atomic mass is 9.93. The number of nitrogens with one attached hydrogen (secondary N) is 1. The van der Waals surface area contributed by atoms with Crippen LogP contribution in [0.2, 0.25) is 0 Å². The molecule has 0 aromatic heterocycles. The van der Waals surface area contributed by atoms with Gasteiger partial charge in [0.25, 0.3) is 0 Å². The monoisotopic (exact) mass is 279 g/mol. The Balaban J connectivity index is 1.79. The molecule has 2 N–H and O–H groups in total. The van der Waals surface area contributed by atoms with Gasteiger partial charge < -0.3 is 10.4 Å². The quantitative estimate of drug-likeness (QED) is 0.803. The normalized spacial score (nSPS) is 20.4. The van der Waals surface area contributed by atoms with Crippen molar-refractivity contribution in [3.63, 3.8) is 0 Å². The number of aliphatic hydroxyl groups excluding tert-OH is 1. The molecule has 112 valence electrons. The van der Waals surface area contributed by atoms with E-state index in [2.05, 4.69) is 12.2 Å². The third-order valence-electron chi connectivity index (χ3n) is 4.49. The van der Waals surface area contributed by atoms with Gasteiger partial charge in [-0.3, -0.25) is 0 Å². The maximum absolute atomic E-state index is 12.8. The molecule has 1 aliphatic carbocycles. The van der Waals surface area contributed by atoms with E-state index in [-0.39, 0.29) is 5.82 Å². The summed E-state index contributed by atoms with van der Waals surface area (Å²) < 4.78 is 12.8. The maximum atomic E-state index is 12.8. The van der Waals surface area contributed by atoms with Crippen LogP contribution in [0.1, 0.15) is 57.1 Å². The zero-order valence-electron chi connectivity index (χ0n) is 12.3. The van der Waals surface area contributed by atoms with Gasteiger partial charge in [-0.2, -0.15) is 0 Å². The molecule has 0 saturated heterocycles. The number of benzene rings is 1. The smallest absolute Gasteiger partial charge is 0.123 e. The largest absolute Gasteiger partial charge is 0.387 e. The van der Waals surface area contributed by atoms with E-state index < -0.39 is 6.10 Å². The molecule has 1 unspecified atom stereocenters. The van der Waals surface area contributed by atoms with E-state index in [1.54, 1.807) is 12.1 Å². The first-order chi connectivity index (χ1) is 9.66. The van der Waals surface area contributed by atoms with Crippen molar-refractivity contribution < 1.29 is 9.50 Å². The number of aliphatic hydroxyl groups is 1. The molecule has 2 nitrogen and oxygen atoms in total. The van der Waals surface area contributed by atoms with E-state index >= 15 is 0 Å². The first-order valence-electron chi connectivity index (χ1n) is 7.83. The summed E-state index contributed by atoms with van der Waals surface area (Å²) in [6.07, 6.45) is 7.41. The van der Waals surface area contributed by atoms with Crippen LogP contribution in [0.15, 0.2) is 24.3 Å². The fourth-order valence-electron chi connectivity index (χ4n) is 3.08. The molecule has 0 bridgehead atoms. The van der Waals surface area contributed by atoms with Crippen LogP contribution < -0.4 is 5.32 Å². The molecule has 3 heteroatoms. The molecule has 20 heavy (non-hydrogen) atoms. The Labute approximate surface area is 121 Å². The standard InChI is InChI=1S/C17H26FNO/c1-13(14-6-4-2-3-5-7-14)19-12-17(20)15-8-10-16(18)11-9-15/h8-11,13-14,17,19-20H,2-7,12H2,1H3/t13-,17?/m0/s1. The van der Waals surface area contributed by atoms with Crippen LogP contribution in [0.25, 0.3) is 0 Å². The summed E-state index contributed by atoms with van der Waals surface area (Å²) in [6, 6.07) is 6.53. The van der Waals surface area contributed by atoms with Gasteiger partial charge in [0.05, 0.1) is 6.10 Å². The molecule has 1 aliphatic rings. The van der Waals surface area contributed by atoms with Gasteiger partial charge in [-0.1, -0.05) is 37.8 Å². The predicted octanol–water partition coefficient (Wildman–Crippen LogP) is 3.81. The Morgan fingerprint density at radius 3 is 2.35 bits per heavy atom. The van der Waals surface area contributed by atoms with Crippen molar-refractivity contribution in [2.45, 2.75) is 57.6 Å². The lowest BCUT2D eigenvalue weighted by Crippen LogP contribution is -2.36. The van der Waals surface area contributed by atoms with E-state index in [0.29, 0.717) is 12.6 Å². The summed E-state index contributed by atoms with van der Waals surface area (Å²) in [4.78, 5) is 0. The minimum atomic E-state index is -0.566. The molecule has 2 atom stereocenters. The molecular weight excluding hydrogens is 253 g/mol. The van der Waals surface area contributed by atoms with Gasteiger partial charge in [-0.25, -0.2) is 4.39 Å². The third kappa shape index (κ3) is 4.57. The summed E-state index contributed by atoms with van der Waals surface area (Å²) in [7, 11) is 0. The van der Waals surface area contributed by atoms with Crippen molar-refractivity contribution in [3.8, 4) is 0 Å². The maximum Gasteiger partial charge on any atom is 0.123 e. The molecule has 1 aromatic carbocycles. The van der Waals surface area contributed by atoms with Gasteiger partial charge in [0, 0.05) is 12.6 Å². The molecule has 0 heterocycles. The highest BCUT2D eigenvalue weighted by atomic mass is 19.1. The van der Waals surface area contributed by atoms with Gasteiger partial charge in [0.1, 0.15) is 5.82 Å². The van der Waals surface area contributed by atoms with Gasteiger partial charge in [0.2, 0.25) is 0 Å². The first kappa shape index (κ1) is 15.5. The van der Waals surface area contributed by atoms with Crippen molar-refractivity contribution in [2.75, 3.05) is 6.54 Å². The van der Waals surface area contributed by atoms with Gasteiger partial charge in [-0.05, 0) is 43.4 Å². The van der Waals surface area contributed by atoms with Crippen molar-refractivity contribution in [3.05, 3.63) is 35.6 Å².